The number of sulfonamides is 1. The zero-order chi connectivity index (χ0) is 25.2. The largest absolute Gasteiger partial charge is 0.306 e. The second kappa shape index (κ2) is 10.3. The molecule has 0 saturated carbocycles. The molecule has 0 fully saturated rings. The van der Waals surface area contributed by atoms with Crippen LogP contribution in [0.25, 0.3) is 16.5 Å². The summed E-state index contributed by atoms with van der Waals surface area (Å²) in [5.74, 6) is -0.592. The van der Waals surface area contributed by atoms with Gasteiger partial charge in [0.25, 0.3) is 11.8 Å². The van der Waals surface area contributed by atoms with Crippen molar-refractivity contribution in [2.24, 2.45) is 0 Å². The number of aromatic nitrogens is 2. The summed E-state index contributed by atoms with van der Waals surface area (Å²) in [6, 6.07) is 9.18. The molecular weight excluding hydrogens is 466 g/mol. The van der Waals surface area contributed by atoms with E-state index in [4.69, 9.17) is 0 Å². The van der Waals surface area contributed by atoms with Crippen molar-refractivity contribution in [1.29, 1.82) is 0 Å². The predicted molar refractivity (Wildman–Crippen MR) is 135 cm³/mol. The first kappa shape index (κ1) is 25.0. The van der Waals surface area contributed by atoms with Gasteiger partial charge in [-0.2, -0.15) is 0 Å². The summed E-state index contributed by atoms with van der Waals surface area (Å²) >= 11 is 0. The van der Waals surface area contributed by atoms with Crippen LogP contribution in [0.3, 0.4) is 0 Å². The lowest BCUT2D eigenvalue weighted by molar-refractivity contribution is 0.0597. The second-order valence-corrected chi connectivity index (χ2v) is 10.9. The van der Waals surface area contributed by atoms with E-state index in [1.807, 2.05) is 47.8 Å². The first-order chi connectivity index (χ1) is 16.7. The third-order valence-corrected chi connectivity index (χ3v) is 7.65. The average Bonchev–Trinajstić information content (AvgIpc) is 3.35. The highest BCUT2D eigenvalue weighted by Gasteiger charge is 2.33. The smallest absolute Gasteiger partial charge is 0.261 e. The summed E-state index contributed by atoms with van der Waals surface area (Å²) in [6.45, 7) is 4.33. The molecule has 0 spiro atoms. The van der Waals surface area contributed by atoms with E-state index in [2.05, 4.69) is 4.98 Å². The molecular formula is C25H31N5O4S. The summed E-state index contributed by atoms with van der Waals surface area (Å²) in [4.78, 5) is 34.0. The molecule has 35 heavy (non-hydrogen) atoms. The van der Waals surface area contributed by atoms with Crippen LogP contribution in [0.5, 0.6) is 0 Å². The maximum Gasteiger partial charge on any atom is 0.261 e. The number of benzene rings is 2. The molecule has 4 rings (SSSR count). The minimum absolute atomic E-state index is 0.262. The van der Waals surface area contributed by atoms with Gasteiger partial charge in [0.05, 0.1) is 18.3 Å². The molecule has 0 N–H and O–H groups in total. The van der Waals surface area contributed by atoms with Gasteiger partial charge in [0.1, 0.15) is 0 Å². The normalized spacial score (nSPS) is 14.0. The first-order valence-corrected chi connectivity index (χ1v) is 13.6. The van der Waals surface area contributed by atoms with E-state index in [-0.39, 0.29) is 18.4 Å². The Labute approximate surface area is 206 Å². The van der Waals surface area contributed by atoms with Crippen LogP contribution in [0.2, 0.25) is 0 Å². The quantitative estimate of drug-likeness (QED) is 0.378. The fourth-order valence-corrected chi connectivity index (χ4v) is 5.53. The zero-order valence-electron chi connectivity index (χ0n) is 20.3. The van der Waals surface area contributed by atoms with Crippen LogP contribution in [0.4, 0.5) is 0 Å². The molecule has 1 aromatic heterocycles. The number of hydrogen-bond acceptors (Lipinski definition) is 6. The van der Waals surface area contributed by atoms with Crippen molar-refractivity contribution in [3.8, 4) is 5.69 Å². The van der Waals surface area contributed by atoms with Gasteiger partial charge < -0.3 is 9.47 Å². The van der Waals surface area contributed by atoms with Crippen molar-refractivity contribution >= 4 is 32.6 Å². The third kappa shape index (κ3) is 5.14. The van der Waals surface area contributed by atoms with Crippen molar-refractivity contribution in [3.05, 3.63) is 60.2 Å². The minimum Gasteiger partial charge on any atom is -0.306 e. The van der Waals surface area contributed by atoms with Gasteiger partial charge in [-0.15, -0.1) is 0 Å². The zero-order valence-corrected chi connectivity index (χ0v) is 21.2. The van der Waals surface area contributed by atoms with Crippen LogP contribution < -0.4 is 0 Å². The van der Waals surface area contributed by atoms with Gasteiger partial charge in [-0.1, -0.05) is 19.1 Å². The maximum absolute atomic E-state index is 13.3. The average molecular weight is 498 g/mol. The van der Waals surface area contributed by atoms with Crippen molar-refractivity contribution in [2.45, 2.75) is 19.8 Å². The molecule has 0 aliphatic carbocycles. The molecule has 0 radical (unpaired) electrons. The molecule has 186 valence electrons. The van der Waals surface area contributed by atoms with Gasteiger partial charge in [0.2, 0.25) is 10.0 Å². The number of carbonyl (C=O) groups is 2. The highest BCUT2D eigenvalue weighted by atomic mass is 32.2. The number of hydrogen-bond donors (Lipinski definition) is 0. The van der Waals surface area contributed by atoms with Crippen LogP contribution in [-0.4, -0.2) is 89.9 Å². The molecule has 2 amide bonds. The van der Waals surface area contributed by atoms with Crippen LogP contribution in [0.15, 0.2) is 49.1 Å². The molecule has 0 bridgehead atoms. The molecule has 2 aromatic carbocycles. The second-order valence-electron chi connectivity index (χ2n) is 8.91. The predicted octanol–water partition coefficient (Wildman–Crippen LogP) is 2.62. The topological polar surface area (TPSA) is 95.8 Å². The molecule has 1 aliphatic rings. The van der Waals surface area contributed by atoms with Crippen LogP contribution in [0.1, 0.15) is 40.5 Å². The van der Waals surface area contributed by atoms with Gasteiger partial charge >= 0.3 is 0 Å². The number of nitrogens with zero attached hydrogens (tertiary/aromatic N) is 5. The minimum atomic E-state index is -3.22. The van der Waals surface area contributed by atoms with Gasteiger partial charge in [0.15, 0.2) is 0 Å². The molecule has 0 saturated heterocycles. The Morgan fingerprint density at radius 2 is 1.71 bits per heavy atom. The van der Waals surface area contributed by atoms with E-state index in [1.54, 1.807) is 24.7 Å². The van der Waals surface area contributed by atoms with E-state index in [0.717, 1.165) is 17.5 Å². The number of likely N-dealkylation sites (N-methyl/N-ethyl adjacent to an activating group) is 1. The van der Waals surface area contributed by atoms with E-state index >= 15 is 0 Å². The molecule has 9 nitrogen and oxygen atoms in total. The summed E-state index contributed by atoms with van der Waals surface area (Å²) < 4.78 is 27.1. The van der Waals surface area contributed by atoms with Crippen LogP contribution in [-0.2, 0) is 10.0 Å². The lowest BCUT2D eigenvalue weighted by Gasteiger charge is -2.29. The summed E-state index contributed by atoms with van der Waals surface area (Å²) in [5, 5.41) is 1.51. The fraction of sp³-hybridized carbons (Fsp3) is 0.400. The Morgan fingerprint density at radius 1 is 0.971 bits per heavy atom. The van der Waals surface area contributed by atoms with Crippen molar-refractivity contribution in [1.82, 2.24) is 23.7 Å². The SMILES string of the molecule is CCCN(CCCN(C)CCN1C(=O)c2cccc3c(-n4ccnc4)ccc(c23)C1=O)S(C)(=O)=O. The van der Waals surface area contributed by atoms with Gasteiger partial charge in [0, 0.05) is 60.5 Å². The number of carbonyl (C=O) groups excluding carboxylic acids is 2. The van der Waals surface area contributed by atoms with Gasteiger partial charge in [-0.05, 0) is 44.6 Å². The summed E-state index contributed by atoms with van der Waals surface area (Å²) in [5.41, 5.74) is 1.90. The Hall–Kier alpha value is -3.08. The maximum atomic E-state index is 13.3. The fourth-order valence-electron chi connectivity index (χ4n) is 4.55. The van der Waals surface area contributed by atoms with E-state index in [0.29, 0.717) is 49.1 Å². The van der Waals surface area contributed by atoms with E-state index in [9.17, 15) is 18.0 Å². The Kier molecular flexibility index (Phi) is 7.34. The van der Waals surface area contributed by atoms with Crippen molar-refractivity contribution in [3.63, 3.8) is 0 Å². The lowest BCUT2D eigenvalue weighted by atomic mass is 9.93. The third-order valence-electron chi connectivity index (χ3n) is 6.35. The Bertz CT molecular complexity index is 1320. The highest BCUT2D eigenvalue weighted by Crippen LogP contribution is 2.33. The summed E-state index contributed by atoms with van der Waals surface area (Å²) in [6.07, 6.45) is 7.88. The molecule has 2 heterocycles. The molecule has 10 heteroatoms. The van der Waals surface area contributed by atoms with Crippen LogP contribution in [0, 0.1) is 0 Å². The number of imidazole rings is 1. The molecule has 3 aromatic rings. The molecule has 0 atom stereocenters. The van der Waals surface area contributed by atoms with Gasteiger partial charge in [-0.25, -0.2) is 17.7 Å². The van der Waals surface area contributed by atoms with Gasteiger partial charge in [-0.3, -0.25) is 14.5 Å². The van der Waals surface area contributed by atoms with E-state index < -0.39 is 10.0 Å². The molecule has 1 aliphatic heterocycles. The first-order valence-electron chi connectivity index (χ1n) is 11.8. The van der Waals surface area contributed by atoms with Crippen molar-refractivity contribution < 1.29 is 18.0 Å². The number of rotatable bonds is 11. The standard InChI is InChI=1S/C25H31N5O4S/c1-4-12-29(35(3,33)34)14-6-13-27(2)16-17-30-24(31)20-8-5-7-19-22(28-15-11-26-18-28)10-9-21(23(19)20)25(30)32/h5,7-11,15,18H,4,6,12-14,16-17H2,1-3H3. The number of amides is 2. The highest BCUT2D eigenvalue weighted by molar-refractivity contribution is 7.88. The molecule has 0 unspecified atom stereocenters. The Balaban J connectivity index is 1.45. The lowest BCUT2D eigenvalue weighted by Crippen LogP contribution is -2.44. The monoisotopic (exact) mass is 497 g/mol. The number of imide groups is 1. The van der Waals surface area contributed by atoms with E-state index in [1.165, 1.54) is 15.5 Å². The van der Waals surface area contributed by atoms with Crippen LogP contribution >= 0.6 is 0 Å². The van der Waals surface area contributed by atoms with Crippen molar-refractivity contribution in [2.75, 3.05) is 46.0 Å². The summed E-state index contributed by atoms with van der Waals surface area (Å²) in [7, 11) is -1.31. The Morgan fingerprint density at radius 3 is 2.37 bits per heavy atom.